The molecule has 0 unspecified atom stereocenters. The minimum Gasteiger partial charge on any atom is -0.348 e. The molecule has 0 bridgehead atoms. The zero-order chi connectivity index (χ0) is 20.1. The van der Waals surface area contributed by atoms with Crippen molar-refractivity contribution >= 4 is 21.6 Å². The molecule has 1 amide bonds. The molecular weight excluding hydrogens is 386 g/mol. The van der Waals surface area contributed by atoms with Gasteiger partial charge in [-0.1, -0.05) is 24.3 Å². The molecule has 3 aromatic carbocycles. The van der Waals surface area contributed by atoms with Crippen LogP contribution in [0.15, 0.2) is 77.7 Å². The van der Waals surface area contributed by atoms with E-state index in [0.717, 1.165) is 6.07 Å². The number of anilines is 1. The van der Waals surface area contributed by atoms with Crippen molar-refractivity contribution in [3.8, 4) is 0 Å². The quantitative estimate of drug-likeness (QED) is 0.660. The molecule has 0 saturated carbocycles. The highest BCUT2D eigenvalue weighted by atomic mass is 32.2. The van der Waals surface area contributed by atoms with E-state index in [0.29, 0.717) is 5.56 Å². The van der Waals surface area contributed by atoms with Crippen LogP contribution in [0.5, 0.6) is 0 Å². The largest absolute Gasteiger partial charge is 0.348 e. The first-order chi connectivity index (χ1) is 13.3. The summed E-state index contributed by atoms with van der Waals surface area (Å²) in [6.45, 7) is 0.130. The summed E-state index contributed by atoms with van der Waals surface area (Å²) in [6.07, 6.45) is 0. The lowest BCUT2D eigenvalue weighted by atomic mass is 10.2. The van der Waals surface area contributed by atoms with E-state index in [2.05, 4.69) is 10.0 Å². The molecule has 0 fully saturated rings. The lowest BCUT2D eigenvalue weighted by Crippen LogP contribution is -2.23. The monoisotopic (exact) mass is 402 g/mol. The molecule has 0 aliphatic carbocycles. The van der Waals surface area contributed by atoms with Crippen LogP contribution in [0.25, 0.3) is 0 Å². The summed E-state index contributed by atoms with van der Waals surface area (Å²) in [6, 6.07) is 16.4. The van der Waals surface area contributed by atoms with Crippen molar-refractivity contribution in [1.82, 2.24) is 5.32 Å². The third-order valence-corrected chi connectivity index (χ3v) is 5.27. The van der Waals surface area contributed by atoms with Crippen LogP contribution in [0.3, 0.4) is 0 Å². The highest BCUT2D eigenvalue weighted by molar-refractivity contribution is 7.92. The van der Waals surface area contributed by atoms with Crippen molar-refractivity contribution in [2.24, 2.45) is 0 Å². The molecule has 0 radical (unpaired) electrons. The lowest BCUT2D eigenvalue weighted by Gasteiger charge is -2.10. The van der Waals surface area contributed by atoms with Crippen LogP contribution >= 0.6 is 0 Å². The summed E-state index contributed by atoms with van der Waals surface area (Å²) in [5, 5.41) is 2.63. The Kier molecular flexibility index (Phi) is 5.70. The second-order valence-electron chi connectivity index (χ2n) is 5.92. The van der Waals surface area contributed by atoms with Gasteiger partial charge in [0.2, 0.25) is 0 Å². The maximum atomic E-state index is 13.7. The van der Waals surface area contributed by atoms with Gasteiger partial charge in [-0.2, -0.15) is 0 Å². The number of hydrogen-bond acceptors (Lipinski definition) is 3. The zero-order valence-corrected chi connectivity index (χ0v) is 15.3. The first kappa shape index (κ1) is 19.5. The molecular formula is C20H16F2N2O3S. The van der Waals surface area contributed by atoms with Gasteiger partial charge in [0.25, 0.3) is 15.9 Å². The number of amides is 1. The van der Waals surface area contributed by atoms with E-state index in [1.807, 2.05) is 0 Å². The Morgan fingerprint density at radius 1 is 0.893 bits per heavy atom. The number of nitrogens with one attached hydrogen (secondary N) is 2. The van der Waals surface area contributed by atoms with Crippen molar-refractivity contribution in [2.75, 3.05) is 4.72 Å². The molecule has 2 N–H and O–H groups in total. The van der Waals surface area contributed by atoms with Gasteiger partial charge < -0.3 is 5.32 Å². The highest BCUT2D eigenvalue weighted by Gasteiger charge is 2.17. The van der Waals surface area contributed by atoms with Gasteiger partial charge in [0.05, 0.1) is 10.6 Å². The van der Waals surface area contributed by atoms with Gasteiger partial charge in [0, 0.05) is 12.1 Å². The smallest absolute Gasteiger partial charge is 0.261 e. The van der Waals surface area contributed by atoms with E-state index in [4.69, 9.17) is 0 Å². The van der Waals surface area contributed by atoms with E-state index >= 15 is 0 Å². The number of carbonyl (C=O) groups excluding carboxylic acids is 1. The van der Waals surface area contributed by atoms with Gasteiger partial charge in [0.1, 0.15) is 11.6 Å². The van der Waals surface area contributed by atoms with Crippen LogP contribution in [0.2, 0.25) is 0 Å². The molecule has 0 heterocycles. The van der Waals surface area contributed by atoms with Crippen molar-refractivity contribution in [3.63, 3.8) is 0 Å². The first-order valence-electron chi connectivity index (χ1n) is 8.25. The van der Waals surface area contributed by atoms with Gasteiger partial charge >= 0.3 is 0 Å². The predicted octanol–water partition coefficient (Wildman–Crippen LogP) is 3.70. The molecule has 0 aromatic heterocycles. The topological polar surface area (TPSA) is 75.3 Å². The normalized spacial score (nSPS) is 11.1. The first-order valence-corrected chi connectivity index (χ1v) is 9.73. The average molecular weight is 402 g/mol. The summed E-state index contributed by atoms with van der Waals surface area (Å²) < 4.78 is 53.7. The molecule has 3 rings (SSSR count). The predicted molar refractivity (Wildman–Crippen MR) is 101 cm³/mol. The van der Waals surface area contributed by atoms with Crippen LogP contribution in [0.1, 0.15) is 15.9 Å². The molecule has 0 aliphatic rings. The van der Waals surface area contributed by atoms with Crippen LogP contribution in [0.4, 0.5) is 14.5 Å². The molecule has 8 heteroatoms. The number of hydrogen-bond donors (Lipinski definition) is 2. The minimum absolute atomic E-state index is 0.113. The molecule has 3 aromatic rings. The minimum atomic E-state index is -4.00. The van der Waals surface area contributed by atoms with E-state index < -0.39 is 27.6 Å². The van der Waals surface area contributed by atoms with E-state index in [1.54, 1.807) is 12.1 Å². The number of rotatable bonds is 6. The van der Waals surface area contributed by atoms with Gasteiger partial charge in [-0.3, -0.25) is 9.52 Å². The molecule has 0 spiro atoms. The van der Waals surface area contributed by atoms with Gasteiger partial charge in [-0.15, -0.1) is 0 Å². The van der Waals surface area contributed by atoms with Crippen molar-refractivity contribution in [1.29, 1.82) is 0 Å². The van der Waals surface area contributed by atoms with Crippen molar-refractivity contribution in [2.45, 2.75) is 11.4 Å². The third kappa shape index (κ3) is 4.72. The molecule has 0 atom stereocenters. The number of benzene rings is 3. The SMILES string of the molecule is O=C(NCc1cccc(F)c1)c1ccc(S(=O)(=O)Nc2ccccc2F)cc1. The molecule has 144 valence electrons. The number of para-hydroxylation sites is 1. The molecule has 0 saturated heterocycles. The molecule has 28 heavy (non-hydrogen) atoms. The fourth-order valence-electron chi connectivity index (χ4n) is 2.46. The van der Waals surface area contributed by atoms with E-state index in [9.17, 15) is 22.0 Å². The maximum Gasteiger partial charge on any atom is 0.261 e. The Morgan fingerprint density at radius 3 is 2.29 bits per heavy atom. The summed E-state index contributed by atoms with van der Waals surface area (Å²) >= 11 is 0. The average Bonchev–Trinajstić information content (AvgIpc) is 2.68. The maximum absolute atomic E-state index is 13.7. The highest BCUT2D eigenvalue weighted by Crippen LogP contribution is 2.19. The third-order valence-electron chi connectivity index (χ3n) is 3.89. The molecule has 0 aliphatic heterocycles. The van der Waals surface area contributed by atoms with Crippen LogP contribution < -0.4 is 10.0 Å². The Hall–Kier alpha value is -3.26. The number of halogens is 2. The summed E-state index contributed by atoms with van der Waals surface area (Å²) in [7, 11) is -4.00. The van der Waals surface area contributed by atoms with E-state index in [-0.39, 0.29) is 22.7 Å². The Morgan fingerprint density at radius 2 is 1.61 bits per heavy atom. The second-order valence-corrected chi connectivity index (χ2v) is 7.60. The lowest BCUT2D eigenvalue weighted by molar-refractivity contribution is 0.0950. The summed E-state index contributed by atoms with van der Waals surface area (Å²) in [4.78, 5) is 12.1. The summed E-state index contributed by atoms with van der Waals surface area (Å²) in [5.41, 5.74) is 0.669. The molecule has 5 nitrogen and oxygen atoms in total. The number of carbonyl (C=O) groups is 1. The van der Waals surface area contributed by atoms with Crippen molar-refractivity contribution in [3.05, 3.63) is 95.6 Å². The van der Waals surface area contributed by atoms with Gasteiger partial charge in [-0.25, -0.2) is 17.2 Å². The number of sulfonamides is 1. The Labute approximate surface area is 161 Å². The summed E-state index contributed by atoms with van der Waals surface area (Å²) in [5.74, 6) is -1.53. The van der Waals surface area contributed by atoms with Gasteiger partial charge in [0.15, 0.2) is 0 Å². The van der Waals surface area contributed by atoms with Gasteiger partial charge in [-0.05, 0) is 54.1 Å². The second kappa shape index (κ2) is 8.18. The Balaban J connectivity index is 1.68. The van der Waals surface area contributed by atoms with Crippen molar-refractivity contribution < 1.29 is 22.0 Å². The van der Waals surface area contributed by atoms with Crippen LogP contribution in [-0.4, -0.2) is 14.3 Å². The zero-order valence-electron chi connectivity index (χ0n) is 14.5. The fraction of sp³-hybridized carbons (Fsp3) is 0.0500. The standard InChI is InChI=1S/C20H16F2N2O3S/c21-16-5-3-4-14(12-16)13-23-20(25)15-8-10-17(11-9-15)28(26,27)24-19-7-2-1-6-18(19)22/h1-12,24H,13H2,(H,23,25). The Bertz CT molecular complexity index is 1100. The fourth-order valence-corrected chi connectivity index (χ4v) is 3.53. The van der Waals surface area contributed by atoms with Crippen LogP contribution in [-0.2, 0) is 16.6 Å². The van der Waals surface area contributed by atoms with E-state index in [1.165, 1.54) is 54.6 Å². The van der Waals surface area contributed by atoms with Crippen LogP contribution in [0, 0.1) is 11.6 Å².